The number of nitrogens with zero attached hydrogens (tertiary/aromatic N) is 6. The van der Waals surface area contributed by atoms with Crippen LogP contribution in [-0.4, -0.2) is 50.5 Å². The second-order valence-electron chi connectivity index (χ2n) is 9.06. The van der Waals surface area contributed by atoms with Crippen molar-refractivity contribution in [1.29, 1.82) is 0 Å². The fourth-order valence-electron chi connectivity index (χ4n) is 4.11. The van der Waals surface area contributed by atoms with E-state index in [1.807, 2.05) is 50.0 Å². The van der Waals surface area contributed by atoms with Gasteiger partial charge < -0.3 is 9.64 Å². The first-order chi connectivity index (χ1) is 16.9. The molecule has 1 unspecified atom stereocenters. The molecule has 4 heterocycles. The van der Waals surface area contributed by atoms with Gasteiger partial charge in [-0.15, -0.1) is 0 Å². The van der Waals surface area contributed by atoms with E-state index in [0.29, 0.717) is 42.2 Å². The van der Waals surface area contributed by atoms with Gasteiger partial charge in [0.25, 0.3) is 0 Å². The van der Waals surface area contributed by atoms with Gasteiger partial charge in [0.15, 0.2) is 0 Å². The smallest absolute Gasteiger partial charge is 0.135 e. The van der Waals surface area contributed by atoms with Gasteiger partial charge in [-0.2, -0.15) is 5.10 Å². The highest BCUT2D eigenvalue weighted by Gasteiger charge is 2.23. The maximum atomic E-state index is 14.5. The first kappa shape index (κ1) is 23.3. The van der Waals surface area contributed by atoms with Gasteiger partial charge in [-0.3, -0.25) is 4.68 Å². The lowest BCUT2D eigenvalue weighted by Crippen LogP contribution is -2.41. The molecule has 2 aliphatic rings. The van der Waals surface area contributed by atoms with Crippen molar-refractivity contribution in [2.75, 3.05) is 24.6 Å². The van der Waals surface area contributed by atoms with Crippen molar-refractivity contribution in [3.8, 4) is 11.3 Å². The number of anilines is 1. The molecule has 182 valence electrons. The number of fused-ring (bicyclic) bond motifs is 1. The fourth-order valence-corrected chi connectivity index (χ4v) is 4.11. The average Bonchev–Trinajstić information content (AvgIpc) is 3.54. The van der Waals surface area contributed by atoms with Gasteiger partial charge in [0.05, 0.1) is 35.7 Å². The molecular formula is C26H28F2N6O. The molecule has 9 heteroatoms. The summed E-state index contributed by atoms with van der Waals surface area (Å²) in [6, 6.07) is 8.07. The normalized spacial score (nSPS) is 17.9. The molecule has 1 aliphatic heterocycles. The molecule has 1 aliphatic carbocycles. The molecule has 4 aromatic rings. The molecule has 0 amide bonds. The minimum Gasteiger partial charge on any atom is -0.375 e. The van der Waals surface area contributed by atoms with E-state index in [-0.39, 0.29) is 11.7 Å². The Morgan fingerprint density at radius 3 is 2.51 bits per heavy atom. The molecule has 1 aromatic carbocycles. The third-order valence-corrected chi connectivity index (χ3v) is 6.25. The Kier molecular flexibility index (Phi) is 6.42. The van der Waals surface area contributed by atoms with E-state index in [1.165, 1.54) is 25.0 Å². The van der Waals surface area contributed by atoms with E-state index < -0.39 is 11.6 Å². The van der Waals surface area contributed by atoms with Crippen LogP contribution in [0.1, 0.15) is 37.2 Å². The fraction of sp³-hybridized carbons (Fsp3) is 0.385. The Morgan fingerprint density at radius 2 is 1.83 bits per heavy atom. The van der Waals surface area contributed by atoms with Crippen LogP contribution in [-0.2, 0) is 4.74 Å². The predicted octanol–water partition coefficient (Wildman–Crippen LogP) is 5.03. The number of hydrogen-bond acceptors (Lipinski definition) is 6. The van der Waals surface area contributed by atoms with Crippen LogP contribution >= 0.6 is 0 Å². The number of morpholine rings is 1. The summed E-state index contributed by atoms with van der Waals surface area (Å²) in [5.74, 6) is -0.609. The lowest BCUT2D eigenvalue weighted by atomic mass is 10.1. The monoisotopic (exact) mass is 478 g/mol. The summed E-state index contributed by atoms with van der Waals surface area (Å²) >= 11 is 0. The Labute approximate surface area is 202 Å². The minimum absolute atomic E-state index is 0.0769. The van der Waals surface area contributed by atoms with Crippen molar-refractivity contribution in [3.63, 3.8) is 0 Å². The van der Waals surface area contributed by atoms with Crippen LogP contribution in [0.3, 0.4) is 0 Å². The molecule has 0 bridgehead atoms. The summed E-state index contributed by atoms with van der Waals surface area (Å²) in [6.07, 6.45) is 6.58. The Morgan fingerprint density at radius 1 is 1.03 bits per heavy atom. The van der Waals surface area contributed by atoms with Crippen LogP contribution in [0.5, 0.6) is 0 Å². The maximum Gasteiger partial charge on any atom is 0.135 e. The molecule has 1 saturated heterocycles. The lowest BCUT2D eigenvalue weighted by Gasteiger charge is -2.32. The van der Waals surface area contributed by atoms with Crippen molar-refractivity contribution >= 4 is 16.9 Å². The lowest BCUT2D eigenvalue weighted by molar-refractivity contribution is 0.0529. The van der Waals surface area contributed by atoms with Gasteiger partial charge in [0.2, 0.25) is 0 Å². The quantitative estimate of drug-likeness (QED) is 0.411. The minimum atomic E-state index is -0.670. The molecule has 0 radical (unpaired) electrons. The maximum absolute atomic E-state index is 14.5. The largest absolute Gasteiger partial charge is 0.375 e. The van der Waals surface area contributed by atoms with Crippen LogP contribution in [0.25, 0.3) is 22.3 Å². The van der Waals surface area contributed by atoms with E-state index >= 15 is 0 Å². The molecule has 1 saturated carbocycles. The summed E-state index contributed by atoms with van der Waals surface area (Å²) in [6.45, 7) is 7.70. The first-order valence-electron chi connectivity index (χ1n) is 11.9. The number of pyridine rings is 1. The van der Waals surface area contributed by atoms with Crippen molar-refractivity contribution in [2.24, 2.45) is 0 Å². The van der Waals surface area contributed by atoms with Gasteiger partial charge in [-0.25, -0.2) is 23.7 Å². The van der Waals surface area contributed by atoms with Crippen molar-refractivity contribution in [1.82, 2.24) is 24.7 Å². The van der Waals surface area contributed by atoms with E-state index in [2.05, 4.69) is 20.0 Å². The van der Waals surface area contributed by atoms with Crippen molar-refractivity contribution < 1.29 is 13.5 Å². The van der Waals surface area contributed by atoms with Crippen LogP contribution in [0.4, 0.5) is 14.6 Å². The van der Waals surface area contributed by atoms with Crippen LogP contribution in [0, 0.1) is 25.5 Å². The number of halogens is 2. The Balaban J connectivity index is 0.000000265. The van der Waals surface area contributed by atoms with Gasteiger partial charge in [0, 0.05) is 43.2 Å². The summed E-state index contributed by atoms with van der Waals surface area (Å²) in [5, 5.41) is 4.09. The second-order valence-corrected chi connectivity index (χ2v) is 9.06. The average molecular weight is 479 g/mol. The number of hydrogen-bond donors (Lipinski definition) is 0. The molecule has 6 rings (SSSR count). The van der Waals surface area contributed by atoms with E-state index in [9.17, 15) is 8.78 Å². The van der Waals surface area contributed by atoms with E-state index in [1.54, 1.807) is 0 Å². The summed E-state index contributed by atoms with van der Waals surface area (Å²) < 4.78 is 35.5. The van der Waals surface area contributed by atoms with Crippen molar-refractivity contribution in [2.45, 2.75) is 45.8 Å². The first-order valence-corrected chi connectivity index (χ1v) is 11.9. The van der Waals surface area contributed by atoms with Gasteiger partial charge in [-0.1, -0.05) is 0 Å². The standard InChI is InChI=1S/C20H20F2N4O.C6H8N2/c1-11-10-26(6-7-27-11)18-9-17-20(24-13(3)12(2)23-17)19(25-18)15-5-4-14(21)8-16(15)22;1-4-7-8(5-1)6-2-3-6/h4-5,8-9,11H,6-7,10H2,1-3H3;1,4-6H,2-3H2. The molecular weight excluding hydrogens is 450 g/mol. The van der Waals surface area contributed by atoms with E-state index in [4.69, 9.17) is 9.72 Å². The summed E-state index contributed by atoms with van der Waals surface area (Å²) in [7, 11) is 0. The SMILES string of the molecule is Cc1nc2cc(N3CCOC(C)C3)nc(-c3ccc(F)cc3F)c2nc1C.c1cnn(C2CC2)c1. The zero-order valence-electron chi connectivity index (χ0n) is 20.1. The summed E-state index contributed by atoms with van der Waals surface area (Å²) in [4.78, 5) is 16.0. The number of rotatable bonds is 3. The zero-order valence-corrected chi connectivity index (χ0v) is 20.1. The third kappa shape index (κ3) is 5.14. The second kappa shape index (κ2) is 9.65. The topological polar surface area (TPSA) is 69.0 Å². The zero-order chi connectivity index (χ0) is 24.5. The number of aromatic nitrogens is 5. The number of ether oxygens (including phenoxy) is 1. The number of aryl methyl sites for hydroxylation is 2. The highest BCUT2D eigenvalue weighted by molar-refractivity contribution is 5.91. The molecule has 2 fully saturated rings. The number of benzene rings is 1. The van der Waals surface area contributed by atoms with Gasteiger partial charge in [0.1, 0.15) is 28.7 Å². The van der Waals surface area contributed by atoms with Crippen LogP contribution < -0.4 is 4.90 Å². The molecule has 0 spiro atoms. The molecule has 1 atom stereocenters. The molecule has 7 nitrogen and oxygen atoms in total. The van der Waals surface area contributed by atoms with Crippen LogP contribution in [0.2, 0.25) is 0 Å². The highest BCUT2D eigenvalue weighted by atomic mass is 19.1. The highest BCUT2D eigenvalue weighted by Crippen LogP contribution is 2.33. The summed E-state index contributed by atoms with van der Waals surface area (Å²) in [5.41, 5.74) is 3.29. The molecule has 0 N–H and O–H groups in total. The van der Waals surface area contributed by atoms with Gasteiger partial charge >= 0.3 is 0 Å². The van der Waals surface area contributed by atoms with E-state index in [0.717, 1.165) is 23.5 Å². The van der Waals surface area contributed by atoms with Crippen molar-refractivity contribution in [3.05, 3.63) is 65.7 Å². The van der Waals surface area contributed by atoms with Crippen LogP contribution in [0.15, 0.2) is 42.7 Å². The third-order valence-electron chi connectivity index (χ3n) is 6.25. The van der Waals surface area contributed by atoms with Gasteiger partial charge in [-0.05, 0) is 51.8 Å². The Bertz CT molecular complexity index is 1340. The molecule has 35 heavy (non-hydrogen) atoms. The Hall–Kier alpha value is -3.46. The predicted molar refractivity (Wildman–Crippen MR) is 130 cm³/mol. The molecule has 3 aromatic heterocycles.